The van der Waals surface area contributed by atoms with E-state index in [9.17, 15) is 32.9 Å². The van der Waals surface area contributed by atoms with Gasteiger partial charge in [-0.2, -0.15) is 13.2 Å². The van der Waals surface area contributed by atoms with Crippen molar-refractivity contribution in [2.24, 2.45) is 0 Å². The van der Waals surface area contributed by atoms with E-state index in [2.05, 4.69) is 10.3 Å². The van der Waals surface area contributed by atoms with Crippen LogP contribution in [0.2, 0.25) is 0 Å². The monoisotopic (exact) mass is 452 g/mol. The van der Waals surface area contributed by atoms with Crippen molar-refractivity contribution in [1.29, 1.82) is 0 Å². The summed E-state index contributed by atoms with van der Waals surface area (Å²) in [7, 11) is 0. The molecule has 0 aliphatic rings. The van der Waals surface area contributed by atoms with E-state index >= 15 is 0 Å². The lowest BCUT2D eigenvalue weighted by molar-refractivity contribution is -0.260. The fourth-order valence-electron chi connectivity index (χ4n) is 3.82. The topological polar surface area (TPSA) is 85.6 Å². The Balaban J connectivity index is 1.92. The molecule has 1 atom stereocenters. The standard InChI is InChI=1S/C23H24F4N2O3/c1-21(2,17-10-14(24)6-9-20(17)31)12-22(32,23(25,26)27)13-28-18-4-3-5-19-16(18)8-7-15(11-30)29-19/h3-10,28,30-32H,11-13H2,1-2H3. The average Bonchev–Trinajstić information content (AvgIpc) is 2.72. The molecule has 0 fully saturated rings. The fraction of sp³-hybridized carbons (Fsp3) is 0.348. The van der Waals surface area contributed by atoms with Crippen LogP contribution in [0.4, 0.5) is 23.2 Å². The van der Waals surface area contributed by atoms with E-state index in [4.69, 9.17) is 0 Å². The van der Waals surface area contributed by atoms with Crippen LogP contribution in [0, 0.1) is 5.82 Å². The molecule has 0 spiro atoms. The van der Waals surface area contributed by atoms with Crippen LogP contribution in [0.15, 0.2) is 48.5 Å². The Morgan fingerprint density at radius 1 is 1.03 bits per heavy atom. The van der Waals surface area contributed by atoms with Crippen molar-refractivity contribution < 1.29 is 32.9 Å². The van der Waals surface area contributed by atoms with E-state index in [1.807, 2.05) is 0 Å². The first kappa shape index (κ1) is 23.7. The van der Waals surface area contributed by atoms with Crippen molar-refractivity contribution in [2.45, 2.75) is 44.1 Å². The van der Waals surface area contributed by atoms with Gasteiger partial charge in [-0.25, -0.2) is 4.39 Å². The van der Waals surface area contributed by atoms with Gasteiger partial charge in [-0.15, -0.1) is 0 Å². The zero-order valence-electron chi connectivity index (χ0n) is 17.5. The molecule has 0 aliphatic carbocycles. The third kappa shape index (κ3) is 4.78. The van der Waals surface area contributed by atoms with Gasteiger partial charge in [-0.3, -0.25) is 4.98 Å². The minimum absolute atomic E-state index is 0.0360. The highest BCUT2D eigenvalue weighted by Crippen LogP contribution is 2.43. The SMILES string of the molecule is CC(C)(CC(O)(CNc1cccc2nc(CO)ccc12)C(F)(F)F)c1cc(F)ccc1O. The summed E-state index contributed by atoms with van der Waals surface area (Å²) in [6.45, 7) is 1.65. The number of aromatic hydroxyl groups is 1. The number of halogens is 4. The molecule has 0 saturated carbocycles. The first-order valence-corrected chi connectivity index (χ1v) is 9.88. The van der Waals surface area contributed by atoms with Gasteiger partial charge in [0.2, 0.25) is 0 Å². The first-order valence-electron chi connectivity index (χ1n) is 9.88. The van der Waals surface area contributed by atoms with Gasteiger partial charge in [-0.05, 0) is 54.3 Å². The number of phenolic OH excluding ortho intramolecular Hbond substituents is 1. The smallest absolute Gasteiger partial charge is 0.418 e. The van der Waals surface area contributed by atoms with Crippen LogP contribution in [0.5, 0.6) is 5.75 Å². The Kier molecular flexibility index (Phi) is 6.35. The van der Waals surface area contributed by atoms with Crippen LogP contribution in [0.25, 0.3) is 10.9 Å². The Morgan fingerprint density at radius 3 is 2.41 bits per heavy atom. The molecular formula is C23H24F4N2O3. The summed E-state index contributed by atoms with van der Waals surface area (Å²) in [5.74, 6) is -1.06. The number of phenols is 1. The number of rotatable bonds is 7. The predicted octanol–water partition coefficient (Wildman–Crippen LogP) is 4.65. The summed E-state index contributed by atoms with van der Waals surface area (Å²) in [6, 6.07) is 11.0. The summed E-state index contributed by atoms with van der Waals surface area (Å²) < 4.78 is 55.6. The van der Waals surface area contributed by atoms with Gasteiger partial charge in [0.15, 0.2) is 5.60 Å². The number of fused-ring (bicyclic) bond motifs is 1. The minimum Gasteiger partial charge on any atom is -0.508 e. The summed E-state index contributed by atoms with van der Waals surface area (Å²) in [4.78, 5) is 4.23. The molecule has 0 aliphatic heterocycles. The first-order chi connectivity index (χ1) is 14.9. The van der Waals surface area contributed by atoms with Gasteiger partial charge in [0, 0.05) is 16.6 Å². The Hall–Kier alpha value is -2.91. The van der Waals surface area contributed by atoms with E-state index in [1.54, 1.807) is 30.3 Å². The normalized spacial score (nSPS) is 14.4. The van der Waals surface area contributed by atoms with Crippen LogP contribution < -0.4 is 5.32 Å². The number of nitrogens with zero attached hydrogens (tertiary/aromatic N) is 1. The molecule has 32 heavy (non-hydrogen) atoms. The van der Waals surface area contributed by atoms with Gasteiger partial charge >= 0.3 is 6.18 Å². The van der Waals surface area contributed by atoms with Crippen molar-refractivity contribution in [3.05, 3.63) is 65.6 Å². The molecule has 172 valence electrons. The number of pyridine rings is 1. The molecule has 5 nitrogen and oxygen atoms in total. The molecule has 0 bridgehead atoms. The largest absolute Gasteiger partial charge is 0.508 e. The van der Waals surface area contributed by atoms with Crippen molar-refractivity contribution in [3.63, 3.8) is 0 Å². The molecule has 9 heteroatoms. The van der Waals surface area contributed by atoms with Gasteiger partial charge in [-0.1, -0.05) is 19.9 Å². The maximum atomic E-state index is 14.0. The number of alkyl halides is 3. The summed E-state index contributed by atoms with van der Waals surface area (Å²) in [5.41, 5.74) is -3.41. The molecule has 3 aromatic rings. The third-order valence-electron chi connectivity index (χ3n) is 5.47. The quantitative estimate of drug-likeness (QED) is 0.393. The number of benzene rings is 2. The highest BCUT2D eigenvalue weighted by molar-refractivity contribution is 5.91. The molecule has 4 N–H and O–H groups in total. The van der Waals surface area contributed by atoms with Gasteiger partial charge in [0.1, 0.15) is 11.6 Å². The van der Waals surface area contributed by atoms with E-state index in [0.717, 1.165) is 18.2 Å². The number of anilines is 1. The molecule has 0 radical (unpaired) electrons. The van der Waals surface area contributed by atoms with E-state index in [1.165, 1.54) is 13.8 Å². The molecule has 1 unspecified atom stereocenters. The summed E-state index contributed by atoms with van der Waals surface area (Å²) >= 11 is 0. The number of aromatic nitrogens is 1. The molecular weight excluding hydrogens is 428 g/mol. The average molecular weight is 452 g/mol. The maximum Gasteiger partial charge on any atom is 0.418 e. The van der Waals surface area contributed by atoms with E-state index in [-0.39, 0.29) is 17.9 Å². The lowest BCUT2D eigenvalue weighted by atomic mass is 9.74. The number of hydrogen-bond acceptors (Lipinski definition) is 5. The van der Waals surface area contributed by atoms with Crippen molar-refractivity contribution in [1.82, 2.24) is 4.98 Å². The molecule has 3 rings (SSSR count). The number of nitrogens with one attached hydrogen (secondary N) is 1. The van der Waals surface area contributed by atoms with Crippen LogP contribution >= 0.6 is 0 Å². The van der Waals surface area contributed by atoms with Crippen LogP contribution in [0.3, 0.4) is 0 Å². The molecule has 0 saturated heterocycles. The van der Waals surface area contributed by atoms with E-state index < -0.39 is 36.0 Å². The third-order valence-corrected chi connectivity index (χ3v) is 5.47. The Morgan fingerprint density at radius 2 is 1.75 bits per heavy atom. The zero-order chi connectivity index (χ0) is 23.7. The van der Waals surface area contributed by atoms with Crippen molar-refractivity contribution in [2.75, 3.05) is 11.9 Å². The van der Waals surface area contributed by atoms with Crippen LogP contribution in [0.1, 0.15) is 31.5 Å². The molecule has 1 aromatic heterocycles. The number of hydrogen-bond donors (Lipinski definition) is 4. The Bertz CT molecular complexity index is 1120. The molecule has 0 amide bonds. The second-order valence-electron chi connectivity index (χ2n) is 8.44. The summed E-state index contributed by atoms with van der Waals surface area (Å²) in [5, 5.41) is 33.2. The van der Waals surface area contributed by atoms with Gasteiger partial charge < -0.3 is 20.6 Å². The van der Waals surface area contributed by atoms with E-state index in [0.29, 0.717) is 22.3 Å². The lowest BCUT2D eigenvalue weighted by Crippen LogP contribution is -2.53. The maximum absolute atomic E-state index is 14.0. The van der Waals surface area contributed by atoms with Crippen LogP contribution in [-0.2, 0) is 12.0 Å². The highest BCUT2D eigenvalue weighted by atomic mass is 19.4. The number of aliphatic hydroxyl groups is 2. The van der Waals surface area contributed by atoms with Gasteiger partial charge in [0.05, 0.1) is 24.4 Å². The van der Waals surface area contributed by atoms with Gasteiger partial charge in [0.25, 0.3) is 0 Å². The number of aliphatic hydroxyl groups excluding tert-OH is 1. The molecule has 2 aromatic carbocycles. The van der Waals surface area contributed by atoms with Crippen molar-refractivity contribution in [3.8, 4) is 5.75 Å². The predicted molar refractivity (Wildman–Crippen MR) is 113 cm³/mol. The second-order valence-corrected chi connectivity index (χ2v) is 8.44. The zero-order valence-corrected chi connectivity index (χ0v) is 17.5. The lowest BCUT2D eigenvalue weighted by Gasteiger charge is -2.38. The minimum atomic E-state index is -5.01. The fourth-order valence-corrected chi connectivity index (χ4v) is 3.82. The van der Waals surface area contributed by atoms with Crippen molar-refractivity contribution >= 4 is 16.6 Å². The second kappa shape index (κ2) is 8.55. The molecule has 1 heterocycles. The summed E-state index contributed by atoms with van der Waals surface area (Å²) in [6.07, 6.45) is -5.84. The highest BCUT2D eigenvalue weighted by Gasteiger charge is 2.56. The van der Waals surface area contributed by atoms with Crippen LogP contribution in [-0.4, -0.2) is 38.6 Å². The Labute approximate surface area is 182 Å².